The quantitative estimate of drug-likeness (QED) is 0.321. The fourth-order valence-electron chi connectivity index (χ4n) is 3.83. The van der Waals surface area contributed by atoms with Crippen LogP contribution in [0.2, 0.25) is 0 Å². The Balaban J connectivity index is 1.80. The van der Waals surface area contributed by atoms with Crippen LogP contribution < -0.4 is 4.74 Å². The van der Waals surface area contributed by atoms with Crippen molar-refractivity contribution in [1.29, 1.82) is 0 Å². The summed E-state index contributed by atoms with van der Waals surface area (Å²) in [5.74, 6) is -1.52. The van der Waals surface area contributed by atoms with Crippen molar-refractivity contribution in [2.45, 2.75) is 30.9 Å². The number of phenolic OH excluding ortho intramolecular Hbond substituents is 1. The molecule has 166 valence electrons. The maximum atomic E-state index is 13.2. The number of hydrogen-bond donors (Lipinski definition) is 4. The van der Waals surface area contributed by atoms with Gasteiger partial charge in [-0.3, -0.25) is 14.6 Å². The number of aromatic nitrogens is 1. The van der Waals surface area contributed by atoms with Gasteiger partial charge in [0.2, 0.25) is 0 Å². The van der Waals surface area contributed by atoms with E-state index in [1.807, 2.05) is 0 Å². The van der Waals surface area contributed by atoms with Crippen molar-refractivity contribution in [2.24, 2.45) is 0 Å². The van der Waals surface area contributed by atoms with Crippen LogP contribution in [0, 0.1) is 0 Å². The third-order valence-corrected chi connectivity index (χ3v) is 6.15. The molecule has 0 bridgehead atoms. The molecule has 1 aliphatic carbocycles. The summed E-state index contributed by atoms with van der Waals surface area (Å²) >= 11 is 0. The summed E-state index contributed by atoms with van der Waals surface area (Å²) in [6.45, 7) is 1.16. The van der Waals surface area contributed by atoms with Gasteiger partial charge < -0.3 is 25.2 Å². The van der Waals surface area contributed by atoms with Crippen LogP contribution in [0.25, 0.3) is 10.9 Å². The van der Waals surface area contributed by atoms with Gasteiger partial charge in [0, 0.05) is 33.9 Å². The highest BCUT2D eigenvalue weighted by atomic mass is 31.0. The molecule has 0 saturated carbocycles. The van der Waals surface area contributed by atoms with Crippen molar-refractivity contribution in [3.8, 4) is 11.5 Å². The van der Waals surface area contributed by atoms with Crippen molar-refractivity contribution >= 4 is 31.7 Å². The summed E-state index contributed by atoms with van der Waals surface area (Å²) < 4.78 is 5.75. The molecule has 5 atom stereocenters. The zero-order valence-corrected chi connectivity index (χ0v) is 18.3. The normalized spacial score (nSPS) is 16.8. The Morgan fingerprint density at radius 2 is 1.59 bits per heavy atom. The third-order valence-electron chi connectivity index (χ3n) is 5.57. The second-order valence-corrected chi connectivity index (χ2v) is 8.58. The number of pyridine rings is 1. The van der Waals surface area contributed by atoms with Gasteiger partial charge in [0.25, 0.3) is 0 Å². The van der Waals surface area contributed by atoms with Crippen molar-refractivity contribution in [2.75, 3.05) is 6.61 Å². The zero-order chi connectivity index (χ0) is 23.2. The summed E-state index contributed by atoms with van der Waals surface area (Å²) in [6.07, 6.45) is -2.41. The first-order chi connectivity index (χ1) is 15.2. The van der Waals surface area contributed by atoms with E-state index in [0.29, 0.717) is 5.39 Å². The maximum Gasteiger partial charge on any atom is 0.198 e. The lowest BCUT2D eigenvalue weighted by Gasteiger charge is -2.26. The highest BCUT2D eigenvalue weighted by Gasteiger charge is 2.36. The molecule has 3 aromatic rings. The van der Waals surface area contributed by atoms with Crippen LogP contribution in [0.15, 0.2) is 42.6 Å². The van der Waals surface area contributed by atoms with Crippen LogP contribution in [-0.2, 0) is 0 Å². The Hall–Kier alpha value is -2.90. The predicted octanol–water partition coefficient (Wildman–Crippen LogP) is 1.44. The Morgan fingerprint density at radius 3 is 2.22 bits per heavy atom. The first-order valence-electron chi connectivity index (χ1n) is 9.98. The lowest BCUT2D eigenvalue weighted by atomic mass is 9.81. The number of rotatable bonds is 6. The molecule has 0 aliphatic heterocycles. The summed E-state index contributed by atoms with van der Waals surface area (Å²) in [6, 6.07) is 9.63. The van der Waals surface area contributed by atoms with Gasteiger partial charge in [0.1, 0.15) is 11.6 Å². The average molecular weight is 455 g/mol. The fourth-order valence-corrected chi connectivity index (χ4v) is 4.15. The largest absolute Gasteiger partial charge is 0.504 e. The van der Waals surface area contributed by atoms with Gasteiger partial charge in [-0.1, -0.05) is 30.3 Å². The smallest absolute Gasteiger partial charge is 0.198 e. The molecule has 1 heterocycles. The molecule has 0 amide bonds. The van der Waals surface area contributed by atoms with E-state index in [0.717, 1.165) is 0 Å². The number of hydrogen-bond acceptors (Lipinski definition) is 8. The molecular formula is C23H22NO7P. The van der Waals surface area contributed by atoms with E-state index in [4.69, 9.17) is 4.74 Å². The molecule has 1 aliphatic rings. The first-order valence-corrected chi connectivity index (χ1v) is 10.6. The van der Waals surface area contributed by atoms with Crippen LogP contribution in [0.1, 0.15) is 38.8 Å². The minimum Gasteiger partial charge on any atom is -0.504 e. The molecule has 5 unspecified atom stereocenters. The number of nitrogens with zero attached hydrogens (tertiary/aromatic N) is 1. The van der Waals surface area contributed by atoms with E-state index in [2.05, 4.69) is 14.2 Å². The van der Waals surface area contributed by atoms with Crippen LogP contribution in [0.3, 0.4) is 0 Å². The minimum absolute atomic E-state index is 0.0636. The second-order valence-electron chi connectivity index (χ2n) is 7.73. The number of aliphatic hydroxyl groups excluding tert-OH is 3. The highest BCUT2D eigenvalue weighted by Crippen LogP contribution is 2.44. The topological polar surface area (TPSA) is 137 Å². The standard InChI is InChI=1S/C23H22NO7P/c1-10(25)18(26)21(29)14(32)9-31-23-17-13(7-4-8-24-17)15-16(22(23)30)20(28)12-6-3-2-5-11(12)19(15)27/h2-8,10,14,18,21,25-26,29-30H,9,32H2,1H3. The van der Waals surface area contributed by atoms with E-state index in [1.54, 1.807) is 30.3 Å². The Labute approximate surface area is 185 Å². The number of benzene rings is 2. The van der Waals surface area contributed by atoms with Gasteiger partial charge in [-0.15, -0.1) is 9.24 Å². The number of ketones is 2. The van der Waals surface area contributed by atoms with Gasteiger partial charge in [-0.05, 0) is 13.0 Å². The maximum absolute atomic E-state index is 13.2. The SMILES string of the molecule is CC(O)C(O)C(O)C(P)COc1c(O)c2c(c3cccnc13)C(=O)c1ccccc1C2=O. The number of ether oxygens (including phenoxy) is 1. The van der Waals surface area contributed by atoms with Gasteiger partial charge in [-0.25, -0.2) is 0 Å². The molecule has 4 N–H and O–H groups in total. The van der Waals surface area contributed by atoms with E-state index in [-0.39, 0.29) is 40.1 Å². The molecule has 8 nitrogen and oxygen atoms in total. The minimum atomic E-state index is -1.40. The van der Waals surface area contributed by atoms with Crippen LogP contribution >= 0.6 is 9.24 Å². The summed E-state index contributed by atoms with van der Waals surface area (Å²) in [5.41, 5.74) is -0.182. The Bertz CT molecular complexity index is 1230. The Morgan fingerprint density at radius 1 is 0.969 bits per heavy atom. The fraction of sp³-hybridized carbons (Fsp3) is 0.261. The summed E-state index contributed by atoms with van der Waals surface area (Å²) in [7, 11) is 2.32. The van der Waals surface area contributed by atoms with E-state index in [1.165, 1.54) is 19.2 Å². The second kappa shape index (κ2) is 8.56. The van der Waals surface area contributed by atoms with E-state index >= 15 is 0 Å². The molecule has 0 radical (unpaired) electrons. The van der Waals surface area contributed by atoms with E-state index < -0.39 is 41.3 Å². The van der Waals surface area contributed by atoms with Crippen LogP contribution in [0.4, 0.5) is 0 Å². The number of carbonyl (C=O) groups excluding carboxylic acids is 2. The number of aliphatic hydroxyl groups is 3. The molecule has 1 aromatic heterocycles. The lowest BCUT2D eigenvalue weighted by molar-refractivity contribution is -0.0551. The number of carbonyl (C=O) groups is 2. The first kappa shape index (κ1) is 22.3. The zero-order valence-electron chi connectivity index (χ0n) is 17.1. The van der Waals surface area contributed by atoms with Gasteiger partial charge in [0.05, 0.1) is 24.4 Å². The molecule has 0 fully saturated rings. The molecule has 2 aromatic carbocycles. The average Bonchev–Trinajstić information content (AvgIpc) is 2.80. The molecule has 4 rings (SSSR count). The van der Waals surface area contributed by atoms with Crippen LogP contribution in [-0.4, -0.2) is 67.6 Å². The van der Waals surface area contributed by atoms with Gasteiger partial charge in [-0.2, -0.15) is 0 Å². The molecule has 9 heteroatoms. The summed E-state index contributed by atoms with van der Waals surface area (Å²) in [4.78, 5) is 30.6. The number of aromatic hydroxyl groups is 1. The van der Waals surface area contributed by atoms with Crippen LogP contribution in [0.5, 0.6) is 11.5 Å². The van der Waals surface area contributed by atoms with Crippen molar-refractivity contribution < 1.29 is 34.8 Å². The van der Waals surface area contributed by atoms with Crippen molar-refractivity contribution in [3.05, 3.63) is 64.8 Å². The summed E-state index contributed by atoms with van der Waals surface area (Å²) in [5, 5.41) is 40.9. The molecule has 32 heavy (non-hydrogen) atoms. The Kier molecular flexibility index (Phi) is 5.97. The molecule has 0 saturated heterocycles. The van der Waals surface area contributed by atoms with E-state index in [9.17, 15) is 30.0 Å². The van der Waals surface area contributed by atoms with Crippen molar-refractivity contribution in [1.82, 2.24) is 4.98 Å². The monoisotopic (exact) mass is 455 g/mol. The number of phenols is 1. The highest BCUT2D eigenvalue weighted by molar-refractivity contribution is 7.17. The molecule has 0 spiro atoms. The third kappa shape index (κ3) is 3.55. The number of fused-ring (bicyclic) bond motifs is 4. The molecular weight excluding hydrogens is 433 g/mol. The van der Waals surface area contributed by atoms with Gasteiger partial charge in [0.15, 0.2) is 23.1 Å². The lowest BCUT2D eigenvalue weighted by Crippen LogP contribution is -2.43. The predicted molar refractivity (Wildman–Crippen MR) is 119 cm³/mol. The van der Waals surface area contributed by atoms with Crippen molar-refractivity contribution in [3.63, 3.8) is 0 Å². The van der Waals surface area contributed by atoms with Gasteiger partial charge >= 0.3 is 0 Å².